The minimum absolute atomic E-state index is 0.207. The zero-order chi connectivity index (χ0) is 19.6. The summed E-state index contributed by atoms with van der Waals surface area (Å²) in [5, 5.41) is 19.0. The Morgan fingerprint density at radius 3 is 2.81 bits per heavy atom. The van der Waals surface area contributed by atoms with Gasteiger partial charge in [0.2, 0.25) is 5.91 Å². The number of carboxylic acids is 1. The van der Waals surface area contributed by atoms with Gasteiger partial charge in [0.1, 0.15) is 5.76 Å². The number of aliphatic carboxylic acids is 1. The SMILES string of the molecule is Cc1coc(CC(O)CC[C@H]2CCCC(=O)N2CCCCCCC(=O)O)c1. The van der Waals surface area contributed by atoms with Crippen LogP contribution in [0.5, 0.6) is 0 Å². The Bertz CT molecular complexity index is 597. The molecular weight excluding hydrogens is 346 g/mol. The van der Waals surface area contributed by atoms with Gasteiger partial charge in [-0.15, -0.1) is 0 Å². The summed E-state index contributed by atoms with van der Waals surface area (Å²) >= 11 is 0. The van der Waals surface area contributed by atoms with Gasteiger partial charge in [-0.2, -0.15) is 0 Å². The molecule has 2 rings (SSSR count). The lowest BCUT2D eigenvalue weighted by Gasteiger charge is -2.36. The lowest BCUT2D eigenvalue weighted by Crippen LogP contribution is -2.44. The van der Waals surface area contributed by atoms with Crippen molar-refractivity contribution in [2.24, 2.45) is 0 Å². The van der Waals surface area contributed by atoms with Crippen molar-refractivity contribution in [2.45, 2.75) is 89.7 Å². The van der Waals surface area contributed by atoms with Crippen LogP contribution >= 0.6 is 0 Å². The van der Waals surface area contributed by atoms with Crippen LogP contribution in [0.3, 0.4) is 0 Å². The van der Waals surface area contributed by atoms with E-state index in [1.54, 1.807) is 6.26 Å². The third kappa shape index (κ3) is 7.75. The van der Waals surface area contributed by atoms with Gasteiger partial charge in [-0.3, -0.25) is 9.59 Å². The highest BCUT2D eigenvalue weighted by molar-refractivity contribution is 5.77. The molecule has 1 unspecified atom stereocenters. The number of rotatable bonds is 12. The number of furan rings is 1. The minimum atomic E-state index is -0.746. The Labute approximate surface area is 161 Å². The van der Waals surface area contributed by atoms with Crippen molar-refractivity contribution < 1.29 is 24.2 Å². The number of hydrogen-bond donors (Lipinski definition) is 2. The smallest absolute Gasteiger partial charge is 0.303 e. The van der Waals surface area contributed by atoms with Gasteiger partial charge in [0.05, 0.1) is 12.4 Å². The number of aryl methyl sites for hydroxylation is 1. The van der Waals surface area contributed by atoms with Crippen LogP contribution in [0.2, 0.25) is 0 Å². The molecule has 1 aromatic heterocycles. The zero-order valence-electron chi connectivity index (χ0n) is 16.4. The number of unbranched alkanes of at least 4 members (excludes halogenated alkanes) is 3. The van der Waals surface area contributed by atoms with E-state index in [2.05, 4.69) is 0 Å². The maximum absolute atomic E-state index is 12.3. The van der Waals surface area contributed by atoms with Gasteiger partial charge >= 0.3 is 5.97 Å². The van der Waals surface area contributed by atoms with Crippen LogP contribution in [0.15, 0.2) is 16.7 Å². The Kier molecular flexibility index (Phi) is 8.85. The molecule has 27 heavy (non-hydrogen) atoms. The Hall–Kier alpha value is -1.82. The third-order valence-corrected chi connectivity index (χ3v) is 5.28. The van der Waals surface area contributed by atoms with Crippen molar-refractivity contribution in [3.63, 3.8) is 0 Å². The van der Waals surface area contributed by atoms with E-state index >= 15 is 0 Å². The molecule has 2 N–H and O–H groups in total. The van der Waals surface area contributed by atoms with Crippen molar-refractivity contribution in [1.29, 1.82) is 0 Å². The normalized spacial score (nSPS) is 18.7. The van der Waals surface area contributed by atoms with Crippen molar-refractivity contribution in [3.05, 3.63) is 23.7 Å². The van der Waals surface area contributed by atoms with E-state index in [-0.39, 0.29) is 18.4 Å². The lowest BCUT2D eigenvalue weighted by molar-refractivity contribution is -0.137. The Morgan fingerprint density at radius 1 is 1.33 bits per heavy atom. The fourth-order valence-electron chi connectivity index (χ4n) is 3.83. The number of hydrogen-bond acceptors (Lipinski definition) is 4. The first kappa shape index (κ1) is 21.5. The summed E-state index contributed by atoms with van der Waals surface area (Å²) in [6.45, 7) is 2.70. The van der Waals surface area contributed by atoms with Gasteiger partial charge in [-0.25, -0.2) is 0 Å². The highest BCUT2D eigenvalue weighted by Gasteiger charge is 2.27. The molecule has 6 heteroatoms. The van der Waals surface area contributed by atoms with Crippen LogP contribution in [0.1, 0.15) is 75.5 Å². The second kappa shape index (κ2) is 11.1. The van der Waals surface area contributed by atoms with Crippen molar-refractivity contribution in [2.75, 3.05) is 6.54 Å². The fourth-order valence-corrected chi connectivity index (χ4v) is 3.83. The second-order valence-electron chi connectivity index (χ2n) is 7.72. The Morgan fingerprint density at radius 2 is 2.11 bits per heavy atom. The van der Waals surface area contributed by atoms with Crippen LogP contribution in [0, 0.1) is 6.92 Å². The first-order valence-corrected chi connectivity index (χ1v) is 10.2. The van der Waals surface area contributed by atoms with E-state index in [0.29, 0.717) is 25.7 Å². The summed E-state index contributed by atoms with van der Waals surface area (Å²) in [6, 6.07) is 2.16. The molecule has 0 bridgehead atoms. The monoisotopic (exact) mass is 379 g/mol. The van der Waals surface area contributed by atoms with Gasteiger partial charge in [-0.05, 0) is 57.1 Å². The number of aliphatic hydroxyl groups is 1. The molecule has 0 radical (unpaired) electrons. The number of carbonyl (C=O) groups excluding carboxylic acids is 1. The highest BCUT2D eigenvalue weighted by atomic mass is 16.4. The van der Waals surface area contributed by atoms with E-state index in [1.165, 1.54) is 0 Å². The fraction of sp³-hybridized carbons (Fsp3) is 0.714. The molecule has 0 saturated carbocycles. The highest BCUT2D eigenvalue weighted by Crippen LogP contribution is 2.24. The van der Waals surface area contributed by atoms with Crippen molar-refractivity contribution in [1.82, 2.24) is 4.90 Å². The van der Waals surface area contributed by atoms with Crippen molar-refractivity contribution >= 4 is 11.9 Å². The van der Waals surface area contributed by atoms with Gasteiger partial charge in [0, 0.05) is 31.8 Å². The number of nitrogens with zero attached hydrogens (tertiary/aromatic N) is 1. The van der Waals surface area contributed by atoms with Gasteiger partial charge in [-0.1, -0.05) is 12.8 Å². The number of carbonyl (C=O) groups is 2. The molecule has 1 amide bonds. The van der Waals surface area contributed by atoms with Crippen LogP contribution in [0.4, 0.5) is 0 Å². The first-order chi connectivity index (χ1) is 13.0. The summed E-state index contributed by atoms with van der Waals surface area (Å²) in [4.78, 5) is 24.8. The predicted octanol–water partition coefficient (Wildman–Crippen LogP) is 3.69. The number of piperidine rings is 1. The minimum Gasteiger partial charge on any atom is -0.481 e. The predicted molar refractivity (Wildman–Crippen MR) is 102 cm³/mol. The molecule has 1 aromatic rings. The van der Waals surface area contributed by atoms with E-state index in [4.69, 9.17) is 9.52 Å². The van der Waals surface area contributed by atoms with E-state index in [0.717, 1.165) is 56.4 Å². The number of amides is 1. The molecule has 1 saturated heterocycles. The summed E-state index contributed by atoms with van der Waals surface area (Å²) < 4.78 is 5.40. The van der Waals surface area contributed by atoms with Crippen molar-refractivity contribution in [3.8, 4) is 0 Å². The molecule has 1 aliphatic rings. The molecule has 2 heterocycles. The number of likely N-dealkylation sites (tertiary alicyclic amines) is 1. The first-order valence-electron chi connectivity index (χ1n) is 10.2. The number of aliphatic hydroxyl groups excluding tert-OH is 1. The van der Waals surface area contributed by atoms with Crippen LogP contribution in [0.25, 0.3) is 0 Å². The molecule has 0 aliphatic carbocycles. The molecule has 1 fully saturated rings. The quantitative estimate of drug-likeness (QED) is 0.541. The molecule has 1 aliphatic heterocycles. The third-order valence-electron chi connectivity index (χ3n) is 5.28. The summed E-state index contributed by atoms with van der Waals surface area (Å²) in [6.07, 6.45) is 9.43. The average Bonchev–Trinajstić information content (AvgIpc) is 3.02. The molecule has 152 valence electrons. The summed E-state index contributed by atoms with van der Waals surface area (Å²) in [5.41, 5.74) is 1.06. The standard InChI is InChI=1S/C21H33NO5/c1-16-13-19(27-15-16)14-18(23)11-10-17-7-6-8-20(24)22(17)12-5-3-2-4-9-21(25)26/h13,15,17-18,23H,2-12,14H2,1H3,(H,25,26)/t17-,18?/m1/s1. The number of carboxylic acid groups (broad SMARTS) is 1. The zero-order valence-corrected chi connectivity index (χ0v) is 16.4. The molecule has 6 nitrogen and oxygen atoms in total. The van der Waals surface area contributed by atoms with Crippen LogP contribution in [-0.2, 0) is 16.0 Å². The maximum atomic E-state index is 12.3. The average molecular weight is 379 g/mol. The van der Waals surface area contributed by atoms with Gasteiger partial charge in [0.25, 0.3) is 0 Å². The molecular formula is C21H33NO5. The van der Waals surface area contributed by atoms with E-state index in [9.17, 15) is 14.7 Å². The van der Waals surface area contributed by atoms with E-state index < -0.39 is 12.1 Å². The molecule has 2 atom stereocenters. The topological polar surface area (TPSA) is 91.0 Å². The Balaban J connectivity index is 1.72. The summed E-state index contributed by atoms with van der Waals surface area (Å²) in [5.74, 6) is 0.274. The van der Waals surface area contributed by atoms with Gasteiger partial charge in [0.15, 0.2) is 0 Å². The van der Waals surface area contributed by atoms with Crippen LogP contribution in [-0.4, -0.2) is 45.7 Å². The largest absolute Gasteiger partial charge is 0.481 e. The van der Waals surface area contributed by atoms with E-state index in [1.807, 2.05) is 17.9 Å². The lowest BCUT2D eigenvalue weighted by atomic mass is 9.95. The van der Waals surface area contributed by atoms with Gasteiger partial charge < -0.3 is 19.5 Å². The molecule has 0 aromatic carbocycles. The summed E-state index contributed by atoms with van der Waals surface area (Å²) in [7, 11) is 0. The maximum Gasteiger partial charge on any atom is 0.303 e. The second-order valence-corrected chi connectivity index (χ2v) is 7.72. The molecule has 0 spiro atoms. The van der Waals surface area contributed by atoms with Crippen LogP contribution < -0.4 is 0 Å².